The number of carboxylic acid groups (broad SMARTS) is 1. The number of carbonyl (C=O) groups excluding carboxylic acids is 2. The van der Waals surface area contributed by atoms with E-state index in [4.69, 9.17) is 9.47 Å². The first-order valence-electron chi connectivity index (χ1n) is 15.0. The second kappa shape index (κ2) is 13.8. The number of benzene rings is 3. The number of hydrogen-bond acceptors (Lipinski definition) is 7. The molecule has 0 radical (unpaired) electrons. The lowest BCUT2D eigenvalue weighted by Gasteiger charge is -2.24. The van der Waals surface area contributed by atoms with Crippen molar-refractivity contribution in [2.75, 3.05) is 57.8 Å². The Morgan fingerprint density at radius 1 is 0.886 bits per heavy atom. The van der Waals surface area contributed by atoms with Gasteiger partial charge in [0, 0.05) is 38.2 Å². The molecule has 1 fully saturated rings. The number of fused-ring (bicyclic) bond motifs is 1. The molecule has 10 nitrogen and oxygen atoms in total. The molecule has 0 spiro atoms. The Kier molecular flexibility index (Phi) is 9.69. The van der Waals surface area contributed by atoms with Crippen LogP contribution in [0, 0.1) is 5.92 Å². The van der Waals surface area contributed by atoms with Crippen molar-refractivity contribution in [2.45, 2.75) is 32.2 Å². The highest BCUT2D eigenvalue weighted by Gasteiger charge is 2.33. The average molecular weight is 601 g/mol. The van der Waals surface area contributed by atoms with Crippen LogP contribution in [0.3, 0.4) is 0 Å². The maximum absolute atomic E-state index is 13.4. The van der Waals surface area contributed by atoms with Crippen LogP contribution in [0.5, 0.6) is 11.5 Å². The lowest BCUT2D eigenvalue weighted by atomic mass is 10.0. The summed E-state index contributed by atoms with van der Waals surface area (Å²) in [5, 5.41) is 12.3. The first-order valence-corrected chi connectivity index (χ1v) is 15.0. The van der Waals surface area contributed by atoms with Crippen molar-refractivity contribution in [3.8, 4) is 22.6 Å². The van der Waals surface area contributed by atoms with Crippen molar-refractivity contribution in [1.29, 1.82) is 0 Å². The first kappa shape index (κ1) is 30.9. The predicted molar refractivity (Wildman–Crippen MR) is 169 cm³/mol. The predicted octanol–water partition coefficient (Wildman–Crippen LogP) is 4.94. The van der Waals surface area contributed by atoms with E-state index in [-0.39, 0.29) is 37.5 Å². The Morgan fingerprint density at radius 3 is 2.41 bits per heavy atom. The molecule has 0 atom stereocenters. The monoisotopic (exact) mass is 600 g/mol. The van der Waals surface area contributed by atoms with Crippen LogP contribution in [0.1, 0.15) is 41.6 Å². The fourth-order valence-electron chi connectivity index (χ4n) is 5.28. The minimum Gasteiger partial charge on any atom is -0.481 e. The van der Waals surface area contributed by atoms with E-state index >= 15 is 0 Å². The van der Waals surface area contributed by atoms with Crippen LogP contribution in [-0.4, -0.2) is 80.3 Å². The van der Waals surface area contributed by atoms with Crippen LogP contribution in [0.15, 0.2) is 60.7 Å². The largest absolute Gasteiger partial charge is 0.481 e. The molecule has 0 saturated heterocycles. The highest BCUT2D eigenvalue weighted by molar-refractivity contribution is 6.06. The number of carbonyl (C=O) groups is 3. The number of aliphatic carboxylic acids is 1. The molecule has 1 aliphatic carbocycles. The van der Waals surface area contributed by atoms with E-state index in [1.165, 1.54) is 0 Å². The Hall–Kier alpha value is -4.57. The second-order valence-corrected chi connectivity index (χ2v) is 11.7. The fourth-order valence-corrected chi connectivity index (χ4v) is 5.28. The van der Waals surface area contributed by atoms with Crippen LogP contribution >= 0.6 is 0 Å². The summed E-state index contributed by atoms with van der Waals surface area (Å²) in [6.07, 6.45) is 2.59. The third-order valence-corrected chi connectivity index (χ3v) is 7.86. The van der Waals surface area contributed by atoms with E-state index in [1.807, 2.05) is 63.6 Å². The van der Waals surface area contributed by atoms with Gasteiger partial charge in [0.25, 0.3) is 5.91 Å². The van der Waals surface area contributed by atoms with Crippen molar-refractivity contribution < 1.29 is 29.0 Å². The maximum Gasteiger partial charge on any atom is 0.305 e. The number of rotatable bonds is 14. The maximum atomic E-state index is 13.4. The zero-order valence-corrected chi connectivity index (χ0v) is 25.5. The molecule has 10 heteroatoms. The number of amides is 2. The molecule has 2 aliphatic rings. The average Bonchev–Trinajstić information content (AvgIpc) is 3.75. The third-order valence-electron chi connectivity index (χ3n) is 7.86. The molecule has 5 rings (SSSR count). The zero-order chi connectivity index (χ0) is 31.2. The number of hydrogen-bond donors (Lipinski definition) is 2. The Bertz CT molecular complexity index is 1520. The molecule has 1 heterocycles. The van der Waals surface area contributed by atoms with Gasteiger partial charge in [0.1, 0.15) is 0 Å². The van der Waals surface area contributed by atoms with E-state index in [1.54, 1.807) is 23.1 Å². The topological polar surface area (TPSA) is 112 Å². The first-order chi connectivity index (χ1) is 21.2. The van der Waals surface area contributed by atoms with Crippen LogP contribution < -0.4 is 19.7 Å². The number of anilines is 2. The second-order valence-electron chi connectivity index (χ2n) is 11.7. The summed E-state index contributed by atoms with van der Waals surface area (Å²) in [7, 11) is 6.12. The van der Waals surface area contributed by atoms with Gasteiger partial charge in [-0.25, -0.2) is 0 Å². The lowest BCUT2D eigenvalue weighted by molar-refractivity contribution is -0.139. The summed E-state index contributed by atoms with van der Waals surface area (Å²) < 4.78 is 10.9. The summed E-state index contributed by atoms with van der Waals surface area (Å²) in [5.74, 6) is 0.00292. The molecule has 2 N–H and O–H groups in total. The molecule has 0 unspecified atom stereocenters. The summed E-state index contributed by atoms with van der Waals surface area (Å²) in [6.45, 7) is 2.41. The van der Waals surface area contributed by atoms with Crippen molar-refractivity contribution in [2.24, 2.45) is 5.92 Å². The quantitative estimate of drug-likeness (QED) is 0.268. The molecule has 232 valence electrons. The highest BCUT2D eigenvalue weighted by Crippen LogP contribution is 2.35. The van der Waals surface area contributed by atoms with E-state index < -0.39 is 5.97 Å². The van der Waals surface area contributed by atoms with Crippen molar-refractivity contribution >= 4 is 29.2 Å². The van der Waals surface area contributed by atoms with Gasteiger partial charge in [-0.3, -0.25) is 14.4 Å². The fraction of sp³-hybridized carbons (Fsp3) is 0.382. The zero-order valence-electron chi connectivity index (χ0n) is 25.5. The van der Waals surface area contributed by atoms with Crippen LogP contribution in [0.4, 0.5) is 11.4 Å². The Balaban J connectivity index is 1.40. The van der Waals surface area contributed by atoms with Gasteiger partial charge in [-0.15, -0.1) is 0 Å². The van der Waals surface area contributed by atoms with E-state index in [9.17, 15) is 19.5 Å². The van der Waals surface area contributed by atoms with E-state index in [0.717, 1.165) is 54.7 Å². The van der Waals surface area contributed by atoms with Gasteiger partial charge >= 0.3 is 5.97 Å². The molecule has 1 saturated carbocycles. The number of nitrogens with zero attached hydrogens (tertiary/aromatic N) is 3. The molecule has 1 aliphatic heterocycles. The number of carboxylic acids is 1. The summed E-state index contributed by atoms with van der Waals surface area (Å²) in [6, 6.07) is 19.1. The summed E-state index contributed by atoms with van der Waals surface area (Å²) in [5.41, 5.74) is 4.79. The van der Waals surface area contributed by atoms with E-state index in [2.05, 4.69) is 15.1 Å². The Morgan fingerprint density at radius 2 is 1.66 bits per heavy atom. The van der Waals surface area contributed by atoms with Crippen molar-refractivity contribution in [3.05, 3.63) is 71.8 Å². The van der Waals surface area contributed by atoms with E-state index in [0.29, 0.717) is 29.3 Å². The number of ether oxygens (including phenoxy) is 2. The molecule has 44 heavy (non-hydrogen) atoms. The molecule has 3 aromatic carbocycles. The Labute approximate surface area is 258 Å². The number of nitrogens with one attached hydrogen (secondary N) is 1. The molecule has 0 bridgehead atoms. The van der Waals surface area contributed by atoms with Crippen LogP contribution in [-0.2, 0) is 16.1 Å². The molecule has 2 amide bonds. The molecular formula is C34H40N4O6. The minimum absolute atomic E-state index is 0.00478. The minimum atomic E-state index is -0.922. The van der Waals surface area contributed by atoms with Gasteiger partial charge in [-0.05, 0) is 93.0 Å². The van der Waals surface area contributed by atoms with Crippen molar-refractivity contribution in [3.63, 3.8) is 0 Å². The van der Waals surface area contributed by atoms with Gasteiger partial charge in [-0.1, -0.05) is 24.3 Å². The van der Waals surface area contributed by atoms with Gasteiger partial charge < -0.3 is 34.6 Å². The smallest absolute Gasteiger partial charge is 0.305 e. The van der Waals surface area contributed by atoms with Crippen LogP contribution in [0.2, 0.25) is 0 Å². The van der Waals surface area contributed by atoms with Gasteiger partial charge in [0.05, 0.1) is 17.8 Å². The molecular weight excluding hydrogens is 560 g/mol. The molecule has 0 aromatic heterocycles. The van der Waals surface area contributed by atoms with Gasteiger partial charge in [-0.2, -0.15) is 0 Å². The third kappa shape index (κ3) is 7.87. The highest BCUT2D eigenvalue weighted by atomic mass is 16.7. The summed E-state index contributed by atoms with van der Waals surface area (Å²) >= 11 is 0. The van der Waals surface area contributed by atoms with Crippen molar-refractivity contribution in [1.82, 2.24) is 9.80 Å². The standard InChI is InChI=1S/C34H40N4O6/c1-36(2)15-5-16-37(3)29-12-10-26(19-28(29)35-33(41)27-11-13-30-31(20-27)44-22-43-30)25-7-4-6-23(18-25)21-38(17-14-32(39)40)34(42)24-8-9-24/h4,6-7,10-13,18-20,24H,5,8-9,14-17,21-22H2,1-3H3,(H,35,41)(H,39,40). The normalized spacial score (nSPS) is 13.5. The molecule has 3 aromatic rings. The van der Waals surface area contributed by atoms with Crippen LogP contribution in [0.25, 0.3) is 11.1 Å². The SMILES string of the molecule is CN(C)CCCN(C)c1ccc(-c2cccc(CN(CCC(=O)O)C(=O)C3CC3)c2)cc1NC(=O)c1ccc2c(c1)OCO2. The summed E-state index contributed by atoms with van der Waals surface area (Å²) in [4.78, 5) is 43.5. The lowest BCUT2D eigenvalue weighted by Crippen LogP contribution is -2.33. The van der Waals surface area contributed by atoms with Gasteiger partial charge in [0.2, 0.25) is 12.7 Å². The van der Waals surface area contributed by atoms with Gasteiger partial charge in [0.15, 0.2) is 11.5 Å².